The van der Waals surface area contributed by atoms with Crippen LogP contribution in [0.3, 0.4) is 0 Å². The maximum atomic E-state index is 3.43. The molecule has 0 atom stereocenters. The summed E-state index contributed by atoms with van der Waals surface area (Å²) in [6.07, 6.45) is 4.45. The molecule has 18 heavy (non-hydrogen) atoms. The third-order valence-corrected chi connectivity index (χ3v) is 4.75. The van der Waals surface area contributed by atoms with Crippen molar-refractivity contribution >= 4 is 8.07 Å². The molecule has 1 fully saturated rings. The minimum atomic E-state index is -1.24. The Labute approximate surface area is 115 Å². The van der Waals surface area contributed by atoms with E-state index in [1.165, 1.54) is 5.57 Å². The molecule has 1 aliphatic heterocycles. The molecule has 102 valence electrons. The molecule has 1 aliphatic rings. The lowest BCUT2D eigenvalue weighted by atomic mass is 9.77. The number of hydrogen-bond acceptors (Lipinski definition) is 1. The summed E-state index contributed by atoms with van der Waals surface area (Å²) in [5.41, 5.74) is 5.40. The quantitative estimate of drug-likeness (QED) is 0.470. The molecular formula is C16H29NSi. The zero-order valence-electron chi connectivity index (χ0n) is 13.4. The zero-order chi connectivity index (χ0) is 14.2. The van der Waals surface area contributed by atoms with E-state index in [1.54, 1.807) is 0 Å². The normalized spacial score (nSPS) is 23.2. The third kappa shape index (κ3) is 4.00. The minimum Gasteiger partial charge on any atom is -0.295 e. The van der Waals surface area contributed by atoms with Crippen LogP contribution >= 0.6 is 0 Å². The van der Waals surface area contributed by atoms with Crippen LogP contribution in [0.25, 0.3) is 0 Å². The molecule has 0 aliphatic carbocycles. The summed E-state index contributed by atoms with van der Waals surface area (Å²) in [4.78, 5) is 2.50. The van der Waals surface area contributed by atoms with Crippen LogP contribution < -0.4 is 0 Å². The molecule has 0 unspecified atom stereocenters. The first-order valence-electron chi connectivity index (χ1n) is 6.89. The Hall–Kier alpha value is -0.523. The van der Waals surface area contributed by atoms with Crippen LogP contribution in [0, 0.1) is 11.5 Å². The fourth-order valence-electron chi connectivity index (χ4n) is 2.69. The highest BCUT2D eigenvalue weighted by Crippen LogP contribution is 2.39. The van der Waals surface area contributed by atoms with Gasteiger partial charge >= 0.3 is 0 Å². The largest absolute Gasteiger partial charge is 0.295 e. The van der Waals surface area contributed by atoms with E-state index >= 15 is 0 Å². The molecule has 0 bridgehead atoms. The monoisotopic (exact) mass is 263 g/mol. The molecular weight excluding hydrogens is 234 g/mol. The molecule has 0 amide bonds. The maximum absolute atomic E-state index is 3.43. The van der Waals surface area contributed by atoms with Crippen LogP contribution in [0.15, 0.2) is 11.6 Å². The Balaban J connectivity index is 2.93. The number of rotatable bonds is 0. The summed E-state index contributed by atoms with van der Waals surface area (Å²) in [6.45, 7) is 16.2. The first-order valence-corrected chi connectivity index (χ1v) is 10.4. The average Bonchev–Trinajstić information content (AvgIpc) is 2.11. The van der Waals surface area contributed by atoms with Crippen molar-refractivity contribution in [2.24, 2.45) is 0 Å². The number of likely N-dealkylation sites (tertiary alicyclic amines) is 1. The molecule has 2 heteroatoms. The van der Waals surface area contributed by atoms with E-state index < -0.39 is 8.07 Å². The Bertz CT molecular complexity index is 379. The summed E-state index contributed by atoms with van der Waals surface area (Å²) in [6, 6.07) is 0. The molecule has 0 aromatic carbocycles. The van der Waals surface area contributed by atoms with Gasteiger partial charge in [-0.1, -0.05) is 31.1 Å². The molecule has 0 saturated carbocycles. The van der Waals surface area contributed by atoms with Crippen molar-refractivity contribution in [1.82, 2.24) is 4.90 Å². The van der Waals surface area contributed by atoms with E-state index in [0.717, 1.165) is 12.8 Å². The molecule has 1 nitrogen and oxygen atoms in total. The predicted octanol–water partition coefficient (Wildman–Crippen LogP) is 4.08. The van der Waals surface area contributed by atoms with Crippen molar-refractivity contribution in [1.29, 1.82) is 0 Å². The first kappa shape index (κ1) is 15.5. The summed E-state index contributed by atoms with van der Waals surface area (Å²) >= 11 is 0. The molecule has 0 spiro atoms. The molecule has 0 aromatic rings. The van der Waals surface area contributed by atoms with Gasteiger partial charge in [-0.25, -0.2) is 0 Å². The lowest BCUT2D eigenvalue weighted by molar-refractivity contribution is 0.0211. The van der Waals surface area contributed by atoms with Crippen LogP contribution in [0.5, 0.6) is 0 Å². The van der Waals surface area contributed by atoms with E-state index in [1.807, 2.05) is 0 Å². The van der Waals surface area contributed by atoms with Gasteiger partial charge in [-0.2, -0.15) is 0 Å². The number of allylic oxidation sites excluding steroid dienone is 1. The van der Waals surface area contributed by atoms with Crippen LogP contribution in [-0.2, 0) is 0 Å². The van der Waals surface area contributed by atoms with Gasteiger partial charge in [-0.3, -0.25) is 4.90 Å². The summed E-state index contributed by atoms with van der Waals surface area (Å²) in [7, 11) is 0.998. The van der Waals surface area contributed by atoms with Crippen molar-refractivity contribution in [3.8, 4) is 11.5 Å². The molecule has 0 N–H and O–H groups in total. The van der Waals surface area contributed by atoms with Crippen LogP contribution in [0.2, 0.25) is 19.6 Å². The second-order valence-electron chi connectivity index (χ2n) is 7.86. The second kappa shape index (κ2) is 4.87. The van der Waals surface area contributed by atoms with E-state index in [9.17, 15) is 0 Å². The lowest BCUT2D eigenvalue weighted by Gasteiger charge is -2.51. The van der Waals surface area contributed by atoms with Crippen molar-refractivity contribution in [3.63, 3.8) is 0 Å². The number of hydrogen-bond donors (Lipinski definition) is 0. The highest BCUT2D eigenvalue weighted by Gasteiger charge is 2.40. The second-order valence-corrected chi connectivity index (χ2v) is 12.6. The van der Waals surface area contributed by atoms with Gasteiger partial charge in [0, 0.05) is 11.1 Å². The molecule has 1 rings (SSSR count). The summed E-state index contributed by atoms with van der Waals surface area (Å²) in [5.74, 6) is 3.32. The highest BCUT2D eigenvalue weighted by molar-refractivity contribution is 6.83. The standard InChI is InChI=1S/C16H29NSi/c1-15(2)12-14(10-9-11-18(6,7)8)13-16(3,4)17(15)5/h10H,12-13H2,1-8H3. The topological polar surface area (TPSA) is 3.24 Å². The Morgan fingerprint density at radius 2 is 1.50 bits per heavy atom. The van der Waals surface area contributed by atoms with Gasteiger partial charge in [-0.05, 0) is 53.7 Å². The van der Waals surface area contributed by atoms with Gasteiger partial charge in [0.15, 0.2) is 0 Å². The lowest BCUT2D eigenvalue weighted by Crippen LogP contribution is -2.56. The van der Waals surface area contributed by atoms with Crippen molar-refractivity contribution in [2.45, 2.75) is 71.3 Å². The molecule has 0 aromatic heterocycles. The van der Waals surface area contributed by atoms with E-state index in [0.29, 0.717) is 0 Å². The van der Waals surface area contributed by atoms with Gasteiger partial charge in [0.05, 0.1) is 0 Å². The molecule has 0 radical (unpaired) electrons. The SMILES string of the molecule is CN1C(C)(C)CC(=CC#C[Si](C)(C)C)CC1(C)C. The zero-order valence-corrected chi connectivity index (χ0v) is 14.4. The molecule has 1 saturated heterocycles. The summed E-state index contributed by atoms with van der Waals surface area (Å²) < 4.78 is 0. The predicted molar refractivity (Wildman–Crippen MR) is 84.4 cm³/mol. The van der Waals surface area contributed by atoms with Crippen LogP contribution in [-0.4, -0.2) is 31.1 Å². The van der Waals surface area contributed by atoms with Crippen molar-refractivity contribution in [3.05, 3.63) is 11.6 Å². The summed E-state index contributed by atoms with van der Waals surface area (Å²) in [5, 5.41) is 0. The maximum Gasteiger partial charge on any atom is 0.129 e. The Morgan fingerprint density at radius 3 is 1.89 bits per heavy atom. The van der Waals surface area contributed by atoms with E-state index in [4.69, 9.17) is 0 Å². The minimum absolute atomic E-state index is 0.231. The molecule has 1 heterocycles. The van der Waals surface area contributed by atoms with E-state index in [2.05, 4.69) is 76.8 Å². The number of piperidine rings is 1. The fraction of sp³-hybridized carbons (Fsp3) is 0.750. The first-order chi connectivity index (χ1) is 7.94. The van der Waals surface area contributed by atoms with Crippen LogP contribution in [0.4, 0.5) is 0 Å². The smallest absolute Gasteiger partial charge is 0.129 e. The van der Waals surface area contributed by atoms with Crippen molar-refractivity contribution < 1.29 is 0 Å². The van der Waals surface area contributed by atoms with Gasteiger partial charge in [0.25, 0.3) is 0 Å². The van der Waals surface area contributed by atoms with Gasteiger partial charge < -0.3 is 0 Å². The Morgan fingerprint density at radius 1 is 1.06 bits per heavy atom. The fourth-order valence-corrected chi connectivity index (χ4v) is 3.19. The van der Waals surface area contributed by atoms with Gasteiger partial charge in [0.2, 0.25) is 0 Å². The van der Waals surface area contributed by atoms with Gasteiger partial charge in [-0.15, -0.1) is 5.54 Å². The number of nitrogens with zero attached hydrogens (tertiary/aromatic N) is 1. The van der Waals surface area contributed by atoms with Crippen LogP contribution in [0.1, 0.15) is 40.5 Å². The van der Waals surface area contributed by atoms with E-state index in [-0.39, 0.29) is 11.1 Å². The highest BCUT2D eigenvalue weighted by atomic mass is 28.3. The average molecular weight is 264 g/mol. The van der Waals surface area contributed by atoms with Gasteiger partial charge in [0.1, 0.15) is 8.07 Å². The van der Waals surface area contributed by atoms with Crippen molar-refractivity contribution in [2.75, 3.05) is 7.05 Å². The Kier molecular flexibility index (Phi) is 4.20. The third-order valence-electron chi connectivity index (χ3n) is 3.86.